The van der Waals surface area contributed by atoms with Crippen molar-refractivity contribution in [1.82, 2.24) is 0 Å². The van der Waals surface area contributed by atoms with Gasteiger partial charge in [0.05, 0.1) is 11.7 Å². The van der Waals surface area contributed by atoms with E-state index in [-0.39, 0.29) is 5.60 Å². The van der Waals surface area contributed by atoms with Crippen LogP contribution in [0.3, 0.4) is 0 Å². The van der Waals surface area contributed by atoms with Crippen molar-refractivity contribution in [2.75, 3.05) is 0 Å². The highest BCUT2D eigenvalue weighted by Gasteiger charge is 2.18. The Balaban J connectivity index is 3.73. The Morgan fingerprint density at radius 3 is 1.05 bits per heavy atom. The lowest BCUT2D eigenvalue weighted by atomic mass is 10.0. The smallest absolute Gasteiger partial charge is 0.0602 e. The van der Waals surface area contributed by atoms with E-state index in [0.717, 1.165) is 12.8 Å². The van der Waals surface area contributed by atoms with E-state index in [9.17, 15) is 0 Å². The van der Waals surface area contributed by atoms with Crippen molar-refractivity contribution in [3.63, 3.8) is 0 Å². The minimum absolute atomic E-state index is 0.0264. The van der Waals surface area contributed by atoms with Crippen LogP contribution in [0.5, 0.6) is 0 Å². The topological polar surface area (TPSA) is 9.23 Å². The van der Waals surface area contributed by atoms with E-state index in [1.54, 1.807) is 0 Å². The number of hydrogen-bond acceptors (Lipinski definition) is 1. The van der Waals surface area contributed by atoms with Gasteiger partial charge in [0.1, 0.15) is 0 Å². The molecule has 0 aliphatic heterocycles. The van der Waals surface area contributed by atoms with E-state index in [1.807, 2.05) is 0 Å². The van der Waals surface area contributed by atoms with E-state index in [0.29, 0.717) is 6.10 Å². The maximum atomic E-state index is 6.46. The van der Waals surface area contributed by atoms with E-state index in [4.69, 9.17) is 4.74 Å². The first-order valence-electron chi connectivity index (χ1n) is 18.8. The molecule has 246 valence electrons. The third-order valence-electron chi connectivity index (χ3n) is 7.97. The Hall–Kier alpha value is -1.08. The molecule has 0 unspecified atom stereocenters. The van der Waals surface area contributed by atoms with E-state index in [2.05, 4.69) is 83.2 Å². The first kappa shape index (κ1) is 40.9. The summed E-state index contributed by atoms with van der Waals surface area (Å²) >= 11 is 0. The highest BCUT2D eigenvalue weighted by atomic mass is 16.5. The molecule has 0 spiro atoms. The van der Waals surface area contributed by atoms with Crippen molar-refractivity contribution in [3.8, 4) is 0 Å². The lowest BCUT2D eigenvalue weighted by Crippen LogP contribution is -2.27. The van der Waals surface area contributed by atoms with Gasteiger partial charge in [-0.3, -0.25) is 0 Å². The fourth-order valence-electron chi connectivity index (χ4n) is 5.48. The maximum absolute atomic E-state index is 6.46. The first-order chi connectivity index (χ1) is 20.5. The minimum atomic E-state index is -0.0264. The van der Waals surface area contributed by atoms with Gasteiger partial charge in [-0.1, -0.05) is 152 Å². The Morgan fingerprint density at radius 1 is 0.405 bits per heavy atom. The summed E-state index contributed by atoms with van der Waals surface area (Å²) in [7, 11) is 0. The Kier molecular flexibility index (Phi) is 32.0. The van der Waals surface area contributed by atoms with Gasteiger partial charge in [0.15, 0.2) is 0 Å². The molecule has 0 aromatic carbocycles. The summed E-state index contributed by atoms with van der Waals surface area (Å²) in [5, 5.41) is 0. The van der Waals surface area contributed by atoms with Crippen LogP contribution in [-0.4, -0.2) is 11.7 Å². The van der Waals surface area contributed by atoms with Crippen LogP contribution in [0.15, 0.2) is 48.6 Å². The molecule has 0 aromatic heterocycles. The summed E-state index contributed by atoms with van der Waals surface area (Å²) in [4.78, 5) is 0. The van der Waals surface area contributed by atoms with E-state index < -0.39 is 0 Å². The average Bonchev–Trinajstić information content (AvgIpc) is 2.95. The predicted molar refractivity (Wildman–Crippen MR) is 193 cm³/mol. The zero-order chi connectivity index (χ0) is 30.8. The van der Waals surface area contributed by atoms with Crippen molar-refractivity contribution in [3.05, 3.63) is 48.6 Å². The summed E-state index contributed by atoms with van der Waals surface area (Å²) in [6, 6.07) is 0. The Morgan fingerprint density at radius 2 is 0.714 bits per heavy atom. The van der Waals surface area contributed by atoms with Gasteiger partial charge < -0.3 is 4.74 Å². The summed E-state index contributed by atoms with van der Waals surface area (Å²) < 4.78 is 6.46. The van der Waals surface area contributed by atoms with Gasteiger partial charge in [-0.15, -0.1) is 0 Å². The molecule has 0 N–H and O–H groups in total. The normalized spacial score (nSPS) is 12.9. The number of unbranched alkanes of at least 4 members (excludes halogenated alkanes) is 18. The molecule has 0 saturated carbocycles. The van der Waals surface area contributed by atoms with Crippen LogP contribution >= 0.6 is 0 Å². The number of ether oxygens (including phenoxy) is 1. The third kappa shape index (κ3) is 35.1. The standard InChI is InChI=1S/C41H76O/c1-6-8-10-12-14-16-18-20-22-24-26-28-30-32-34-36-38-40(42-41(3,4)5)39-37-35-33-31-29-27-25-23-21-19-17-15-13-11-9-7-2/h14-17,20-23,40H,6-13,18-19,24-39H2,1-5H3/b16-14-,17-15-,22-20-,23-21-. The molecule has 0 bridgehead atoms. The second kappa shape index (κ2) is 32.8. The van der Waals surface area contributed by atoms with Crippen molar-refractivity contribution in [2.24, 2.45) is 0 Å². The van der Waals surface area contributed by atoms with Gasteiger partial charge in [0.25, 0.3) is 0 Å². The zero-order valence-corrected chi connectivity index (χ0v) is 29.5. The van der Waals surface area contributed by atoms with Gasteiger partial charge >= 0.3 is 0 Å². The molecule has 0 heterocycles. The molecule has 0 saturated heterocycles. The first-order valence-corrected chi connectivity index (χ1v) is 18.8. The number of hydrogen-bond donors (Lipinski definition) is 0. The van der Waals surface area contributed by atoms with Gasteiger partial charge in [-0.05, 0) is 97.8 Å². The van der Waals surface area contributed by atoms with Crippen molar-refractivity contribution >= 4 is 0 Å². The van der Waals surface area contributed by atoms with Crippen molar-refractivity contribution in [1.29, 1.82) is 0 Å². The zero-order valence-electron chi connectivity index (χ0n) is 29.5. The summed E-state index contributed by atoms with van der Waals surface area (Å²) in [5.74, 6) is 0. The monoisotopic (exact) mass is 585 g/mol. The molecule has 0 fully saturated rings. The minimum Gasteiger partial charge on any atom is -0.373 e. The fourth-order valence-corrected chi connectivity index (χ4v) is 5.48. The molecule has 0 aliphatic carbocycles. The highest BCUT2D eigenvalue weighted by Crippen LogP contribution is 2.22. The maximum Gasteiger partial charge on any atom is 0.0602 e. The largest absolute Gasteiger partial charge is 0.373 e. The van der Waals surface area contributed by atoms with Crippen LogP contribution in [0.25, 0.3) is 0 Å². The van der Waals surface area contributed by atoms with Crippen LogP contribution in [0.4, 0.5) is 0 Å². The predicted octanol–water partition coefficient (Wildman–Crippen LogP) is 14.6. The van der Waals surface area contributed by atoms with Gasteiger partial charge in [0, 0.05) is 0 Å². The van der Waals surface area contributed by atoms with Crippen LogP contribution < -0.4 is 0 Å². The highest BCUT2D eigenvalue weighted by molar-refractivity contribution is 4.93. The Bertz CT molecular complexity index is 584. The second-order valence-electron chi connectivity index (χ2n) is 13.6. The third-order valence-corrected chi connectivity index (χ3v) is 7.97. The molecular formula is C41H76O. The summed E-state index contributed by atoms with van der Waals surface area (Å²) in [6.07, 6.45) is 53.5. The number of rotatable bonds is 31. The fraction of sp³-hybridized carbons (Fsp3) is 0.805. The lowest BCUT2D eigenvalue weighted by Gasteiger charge is -2.28. The molecule has 0 radical (unpaired) electrons. The van der Waals surface area contributed by atoms with E-state index >= 15 is 0 Å². The molecular weight excluding hydrogens is 508 g/mol. The van der Waals surface area contributed by atoms with Crippen LogP contribution in [0.2, 0.25) is 0 Å². The van der Waals surface area contributed by atoms with Crippen molar-refractivity contribution in [2.45, 2.75) is 213 Å². The molecule has 0 rings (SSSR count). The molecule has 0 amide bonds. The number of allylic oxidation sites excluding steroid dienone is 8. The van der Waals surface area contributed by atoms with Gasteiger partial charge in [0.2, 0.25) is 0 Å². The molecule has 0 aromatic rings. The molecule has 0 aliphatic rings. The molecule has 0 atom stereocenters. The molecule has 1 heteroatoms. The van der Waals surface area contributed by atoms with Crippen LogP contribution in [-0.2, 0) is 4.74 Å². The summed E-state index contributed by atoms with van der Waals surface area (Å²) in [5.41, 5.74) is -0.0264. The van der Waals surface area contributed by atoms with E-state index in [1.165, 1.54) is 154 Å². The SMILES string of the molecule is CCCCC/C=C\C/C=C\CCCCCCCCC(CCCCCCCC/C=C\C/C=C\CCCCC)OC(C)(C)C. The van der Waals surface area contributed by atoms with Gasteiger partial charge in [-0.2, -0.15) is 0 Å². The molecule has 1 nitrogen and oxygen atoms in total. The van der Waals surface area contributed by atoms with Crippen LogP contribution in [0, 0.1) is 0 Å². The van der Waals surface area contributed by atoms with Crippen molar-refractivity contribution < 1.29 is 4.74 Å². The summed E-state index contributed by atoms with van der Waals surface area (Å²) in [6.45, 7) is 11.2. The average molecular weight is 585 g/mol. The second-order valence-corrected chi connectivity index (χ2v) is 13.6. The molecule has 42 heavy (non-hydrogen) atoms. The van der Waals surface area contributed by atoms with Crippen LogP contribution in [0.1, 0.15) is 202 Å². The lowest BCUT2D eigenvalue weighted by molar-refractivity contribution is -0.0677. The quantitative estimate of drug-likeness (QED) is 0.0581. The Labute approximate surface area is 266 Å². The van der Waals surface area contributed by atoms with Gasteiger partial charge in [-0.25, -0.2) is 0 Å².